The van der Waals surface area contributed by atoms with Gasteiger partial charge < -0.3 is 14.2 Å². The standard InChI is InChI=1S/C18H18F2O3/c1-3-9-22-14-7-5-11-12-6-8-15(21-4-2)17(20)18(12)23-10-13(11)16(14)19/h5-8H,3-4,9-10H2,1-2H3. The van der Waals surface area contributed by atoms with Gasteiger partial charge in [0.1, 0.15) is 6.61 Å². The first-order valence-corrected chi connectivity index (χ1v) is 7.70. The van der Waals surface area contributed by atoms with E-state index >= 15 is 0 Å². The number of halogens is 2. The van der Waals surface area contributed by atoms with E-state index in [0.717, 1.165) is 6.42 Å². The molecule has 2 aromatic rings. The minimum absolute atomic E-state index is 0.0377. The molecule has 1 heterocycles. The highest BCUT2D eigenvalue weighted by molar-refractivity contribution is 5.77. The minimum Gasteiger partial charge on any atom is -0.491 e. The van der Waals surface area contributed by atoms with Crippen molar-refractivity contribution in [3.63, 3.8) is 0 Å². The van der Waals surface area contributed by atoms with E-state index in [1.807, 2.05) is 6.92 Å². The Labute approximate surface area is 133 Å². The van der Waals surface area contributed by atoms with Crippen LogP contribution in [0.15, 0.2) is 24.3 Å². The maximum Gasteiger partial charge on any atom is 0.207 e. The lowest BCUT2D eigenvalue weighted by molar-refractivity contribution is 0.261. The Balaban J connectivity index is 2.05. The largest absolute Gasteiger partial charge is 0.491 e. The van der Waals surface area contributed by atoms with Crippen LogP contribution in [0, 0.1) is 11.6 Å². The van der Waals surface area contributed by atoms with Gasteiger partial charge in [0.15, 0.2) is 23.1 Å². The summed E-state index contributed by atoms with van der Waals surface area (Å²) in [5.41, 5.74) is 1.53. The van der Waals surface area contributed by atoms with E-state index in [0.29, 0.717) is 29.9 Å². The molecule has 0 N–H and O–H groups in total. The van der Waals surface area contributed by atoms with E-state index in [1.54, 1.807) is 25.1 Å². The molecule has 3 rings (SSSR count). The van der Waals surface area contributed by atoms with Crippen LogP contribution in [-0.2, 0) is 6.61 Å². The van der Waals surface area contributed by atoms with E-state index in [2.05, 4.69) is 0 Å². The number of fused-ring (bicyclic) bond motifs is 3. The Bertz CT molecular complexity index is 729. The fraction of sp³-hybridized carbons (Fsp3) is 0.333. The van der Waals surface area contributed by atoms with Crippen LogP contribution in [0.3, 0.4) is 0 Å². The van der Waals surface area contributed by atoms with Gasteiger partial charge in [0, 0.05) is 11.1 Å². The summed E-state index contributed by atoms with van der Waals surface area (Å²) in [6.45, 7) is 4.50. The molecule has 0 saturated heterocycles. The molecule has 0 atom stereocenters. The normalized spacial score (nSPS) is 12.2. The van der Waals surface area contributed by atoms with Crippen LogP contribution in [0.1, 0.15) is 25.8 Å². The number of hydrogen-bond acceptors (Lipinski definition) is 3. The smallest absolute Gasteiger partial charge is 0.207 e. The van der Waals surface area contributed by atoms with Crippen molar-refractivity contribution in [2.45, 2.75) is 26.9 Å². The molecule has 1 aliphatic heterocycles. The molecule has 0 fully saturated rings. The van der Waals surface area contributed by atoms with Crippen LogP contribution in [0.2, 0.25) is 0 Å². The molecule has 5 heteroatoms. The molecule has 0 aliphatic carbocycles. The van der Waals surface area contributed by atoms with Crippen LogP contribution < -0.4 is 14.2 Å². The molecule has 0 bridgehead atoms. The average Bonchev–Trinajstić information content (AvgIpc) is 2.56. The highest BCUT2D eigenvalue weighted by Crippen LogP contribution is 2.44. The van der Waals surface area contributed by atoms with Crippen LogP contribution in [0.4, 0.5) is 8.78 Å². The third kappa shape index (κ3) is 2.71. The van der Waals surface area contributed by atoms with Gasteiger partial charge in [-0.05, 0) is 43.2 Å². The van der Waals surface area contributed by atoms with Gasteiger partial charge in [0.05, 0.1) is 13.2 Å². The highest BCUT2D eigenvalue weighted by Gasteiger charge is 2.26. The van der Waals surface area contributed by atoms with Gasteiger partial charge in [0.2, 0.25) is 5.82 Å². The zero-order valence-electron chi connectivity index (χ0n) is 13.1. The van der Waals surface area contributed by atoms with Gasteiger partial charge in [-0.15, -0.1) is 0 Å². The van der Waals surface area contributed by atoms with Crippen molar-refractivity contribution in [3.8, 4) is 28.4 Å². The second kappa shape index (κ2) is 6.44. The summed E-state index contributed by atoms with van der Waals surface area (Å²) in [6.07, 6.45) is 0.793. The second-order valence-corrected chi connectivity index (χ2v) is 5.23. The molecule has 1 aliphatic rings. The number of rotatable bonds is 5. The number of benzene rings is 2. The molecule has 0 amide bonds. The van der Waals surface area contributed by atoms with Crippen molar-refractivity contribution >= 4 is 0 Å². The summed E-state index contributed by atoms with van der Waals surface area (Å²) in [7, 11) is 0. The summed E-state index contributed by atoms with van der Waals surface area (Å²) >= 11 is 0. The van der Waals surface area contributed by atoms with Crippen molar-refractivity contribution in [1.29, 1.82) is 0 Å². The number of hydrogen-bond donors (Lipinski definition) is 0. The monoisotopic (exact) mass is 320 g/mol. The van der Waals surface area contributed by atoms with E-state index in [-0.39, 0.29) is 23.9 Å². The Morgan fingerprint density at radius 3 is 2.35 bits per heavy atom. The van der Waals surface area contributed by atoms with Crippen molar-refractivity contribution < 1.29 is 23.0 Å². The SMILES string of the molecule is CCCOc1ccc2c(c1F)COc1c-2ccc(OCC)c1F. The first-order chi connectivity index (χ1) is 11.2. The molecule has 2 aromatic carbocycles. The fourth-order valence-corrected chi connectivity index (χ4v) is 2.62. The molecule has 0 unspecified atom stereocenters. The predicted molar refractivity (Wildman–Crippen MR) is 83.1 cm³/mol. The Morgan fingerprint density at radius 2 is 1.65 bits per heavy atom. The van der Waals surface area contributed by atoms with E-state index in [4.69, 9.17) is 14.2 Å². The van der Waals surface area contributed by atoms with Gasteiger partial charge in [-0.25, -0.2) is 4.39 Å². The van der Waals surface area contributed by atoms with Crippen LogP contribution in [0.25, 0.3) is 11.1 Å². The lowest BCUT2D eigenvalue weighted by atomic mass is 9.96. The van der Waals surface area contributed by atoms with Crippen molar-refractivity contribution in [1.82, 2.24) is 0 Å². The summed E-state index contributed by atoms with van der Waals surface area (Å²) < 4.78 is 45.0. The molecule has 3 nitrogen and oxygen atoms in total. The Kier molecular flexibility index (Phi) is 4.37. The van der Waals surface area contributed by atoms with Crippen molar-refractivity contribution in [3.05, 3.63) is 41.5 Å². The first kappa shape index (κ1) is 15.6. The third-order valence-corrected chi connectivity index (χ3v) is 3.68. The second-order valence-electron chi connectivity index (χ2n) is 5.23. The lowest BCUT2D eigenvalue weighted by Gasteiger charge is -2.23. The highest BCUT2D eigenvalue weighted by atomic mass is 19.1. The summed E-state index contributed by atoms with van der Waals surface area (Å²) in [4.78, 5) is 0. The van der Waals surface area contributed by atoms with Gasteiger partial charge in [-0.3, -0.25) is 0 Å². The van der Waals surface area contributed by atoms with E-state index < -0.39 is 11.6 Å². The van der Waals surface area contributed by atoms with E-state index in [9.17, 15) is 8.78 Å². The Morgan fingerprint density at radius 1 is 0.957 bits per heavy atom. The first-order valence-electron chi connectivity index (χ1n) is 7.70. The lowest BCUT2D eigenvalue weighted by Crippen LogP contribution is -2.11. The van der Waals surface area contributed by atoms with Crippen molar-refractivity contribution in [2.24, 2.45) is 0 Å². The predicted octanol–water partition coefficient (Wildman–Crippen LogP) is 4.71. The van der Waals surface area contributed by atoms with Gasteiger partial charge >= 0.3 is 0 Å². The van der Waals surface area contributed by atoms with Crippen molar-refractivity contribution in [2.75, 3.05) is 13.2 Å². The van der Waals surface area contributed by atoms with Gasteiger partial charge in [-0.2, -0.15) is 4.39 Å². The summed E-state index contributed by atoms with van der Waals surface area (Å²) in [6, 6.07) is 6.54. The Hall–Kier alpha value is -2.30. The molecule has 0 aromatic heterocycles. The van der Waals surface area contributed by atoms with Gasteiger partial charge in [-0.1, -0.05) is 6.92 Å². The molecule has 0 spiro atoms. The topological polar surface area (TPSA) is 27.7 Å². The van der Waals surface area contributed by atoms with Crippen LogP contribution >= 0.6 is 0 Å². The molecule has 0 radical (unpaired) electrons. The molecule has 122 valence electrons. The number of ether oxygens (including phenoxy) is 3. The third-order valence-electron chi connectivity index (χ3n) is 3.68. The van der Waals surface area contributed by atoms with Gasteiger partial charge in [0.25, 0.3) is 0 Å². The molecular formula is C18H18F2O3. The summed E-state index contributed by atoms with van der Waals surface area (Å²) in [5, 5.41) is 0. The molecule has 0 saturated carbocycles. The molecule has 23 heavy (non-hydrogen) atoms. The van der Waals surface area contributed by atoms with Crippen LogP contribution in [-0.4, -0.2) is 13.2 Å². The maximum absolute atomic E-state index is 14.5. The average molecular weight is 320 g/mol. The zero-order chi connectivity index (χ0) is 16.4. The zero-order valence-corrected chi connectivity index (χ0v) is 13.1. The van der Waals surface area contributed by atoms with Crippen LogP contribution in [0.5, 0.6) is 17.2 Å². The van der Waals surface area contributed by atoms with E-state index in [1.165, 1.54) is 6.07 Å². The quantitative estimate of drug-likeness (QED) is 0.798. The molecular weight excluding hydrogens is 302 g/mol. The maximum atomic E-state index is 14.5. The summed E-state index contributed by atoms with van der Waals surface area (Å²) in [5.74, 6) is -0.565. The fourth-order valence-electron chi connectivity index (χ4n) is 2.62. The minimum atomic E-state index is -0.554.